The Hall–Kier alpha value is -5.08. The molecule has 10 aliphatic carbocycles. The molecule has 10 aliphatic rings. The third-order valence-electron chi connectivity index (χ3n) is 20.3. The molecular formula is C60H55NO. The molecule has 8 fully saturated rings. The summed E-state index contributed by atoms with van der Waals surface area (Å²) in [4.78, 5) is 2.65. The number of hydrogen-bond donors (Lipinski definition) is 0. The second-order valence-corrected chi connectivity index (χ2v) is 23.3. The first kappa shape index (κ1) is 34.4. The molecule has 6 atom stereocenters. The normalized spacial score (nSPS) is 35.3. The van der Waals surface area contributed by atoms with E-state index in [1.165, 1.54) is 108 Å². The summed E-state index contributed by atoms with van der Waals surface area (Å²) >= 11 is 0. The molecule has 0 aliphatic heterocycles. The molecule has 0 saturated heterocycles. The van der Waals surface area contributed by atoms with E-state index in [-0.39, 0.29) is 16.2 Å². The van der Waals surface area contributed by atoms with Crippen molar-refractivity contribution in [1.82, 2.24) is 0 Å². The Labute approximate surface area is 365 Å². The first-order valence-electron chi connectivity index (χ1n) is 24.5. The van der Waals surface area contributed by atoms with E-state index in [0.29, 0.717) is 5.41 Å². The lowest BCUT2D eigenvalue weighted by atomic mass is 9.34. The highest BCUT2D eigenvalue weighted by atomic mass is 16.3. The van der Waals surface area contributed by atoms with Crippen molar-refractivity contribution < 1.29 is 4.42 Å². The molecule has 0 amide bonds. The van der Waals surface area contributed by atoms with Crippen molar-refractivity contribution >= 4 is 39.0 Å². The smallest absolute Gasteiger partial charge is 0.159 e. The molecule has 7 aromatic rings. The van der Waals surface area contributed by atoms with Gasteiger partial charge < -0.3 is 9.32 Å². The van der Waals surface area contributed by atoms with Gasteiger partial charge in [0.25, 0.3) is 0 Å². The highest BCUT2D eigenvalue weighted by Crippen LogP contribution is 2.88. The molecule has 1 aromatic heterocycles. The Morgan fingerprint density at radius 2 is 1.05 bits per heavy atom. The molecule has 2 nitrogen and oxygen atoms in total. The average molecular weight is 806 g/mol. The predicted molar refractivity (Wildman–Crippen MR) is 251 cm³/mol. The summed E-state index contributed by atoms with van der Waals surface area (Å²) in [5.41, 5.74) is 20.2. The summed E-state index contributed by atoms with van der Waals surface area (Å²) in [6.45, 7) is 6.94. The summed E-state index contributed by atoms with van der Waals surface area (Å²) in [7, 11) is 0. The lowest BCUT2D eigenvalue weighted by Gasteiger charge is -2.70. The van der Waals surface area contributed by atoms with E-state index in [4.69, 9.17) is 4.42 Å². The maximum atomic E-state index is 7.29. The standard InChI is InChI=1S/C60H55NO/c1-57(2,3)50-16-8-12-46-47-13-9-17-53(56(47)62-55(46)50)61(40-18-20-44-42-10-4-6-14-48(42)59(51(44)30-40)37-23-33-22-34(25-37)26-38(59)24-33)41-19-21-45-43-11-5-7-15-49(43)60(52(45)31-41)39-28-35-27-36-29-54(60)58(35,36)32-39/h4-21,30-31,33-39,54H,22-29,32H2,1-3H3. The van der Waals surface area contributed by atoms with Gasteiger partial charge in [-0.3, -0.25) is 0 Å². The van der Waals surface area contributed by atoms with Crippen molar-refractivity contribution in [2.24, 2.45) is 52.8 Å². The summed E-state index contributed by atoms with van der Waals surface area (Å²) in [5, 5.41) is 2.42. The van der Waals surface area contributed by atoms with Crippen molar-refractivity contribution in [3.8, 4) is 22.3 Å². The van der Waals surface area contributed by atoms with Gasteiger partial charge in [0.15, 0.2) is 5.58 Å². The quantitative estimate of drug-likeness (QED) is 0.177. The van der Waals surface area contributed by atoms with Gasteiger partial charge in [-0.15, -0.1) is 0 Å². The van der Waals surface area contributed by atoms with E-state index < -0.39 is 0 Å². The number of nitrogens with zero attached hydrogens (tertiary/aromatic N) is 1. The third-order valence-corrected chi connectivity index (χ3v) is 20.3. The minimum Gasteiger partial charge on any atom is -0.454 e. The van der Waals surface area contributed by atoms with Crippen LogP contribution in [0.3, 0.4) is 0 Å². The van der Waals surface area contributed by atoms with Crippen molar-refractivity contribution in [3.05, 3.63) is 149 Å². The molecule has 62 heavy (non-hydrogen) atoms. The van der Waals surface area contributed by atoms with Crippen LogP contribution in [0.5, 0.6) is 0 Å². The minimum absolute atomic E-state index is 0.0430. The maximum Gasteiger partial charge on any atom is 0.159 e. The van der Waals surface area contributed by atoms with Gasteiger partial charge in [0.1, 0.15) is 5.58 Å². The van der Waals surface area contributed by atoms with Crippen LogP contribution in [0.25, 0.3) is 44.2 Å². The number of para-hydroxylation sites is 2. The number of rotatable bonds is 3. The van der Waals surface area contributed by atoms with Crippen molar-refractivity contribution in [2.45, 2.75) is 94.8 Å². The summed E-state index contributed by atoms with van der Waals surface area (Å²) in [6, 6.07) is 48.3. The molecule has 6 unspecified atom stereocenters. The van der Waals surface area contributed by atoms with Gasteiger partial charge in [0, 0.05) is 38.5 Å². The fraction of sp³-hybridized carbons (Fsp3) is 0.400. The Morgan fingerprint density at radius 3 is 1.69 bits per heavy atom. The van der Waals surface area contributed by atoms with Crippen LogP contribution < -0.4 is 4.90 Å². The Kier molecular flexibility index (Phi) is 6.10. The number of anilines is 3. The van der Waals surface area contributed by atoms with E-state index in [0.717, 1.165) is 64.2 Å². The third kappa shape index (κ3) is 3.69. The molecular weight excluding hydrogens is 751 g/mol. The molecule has 17 rings (SSSR count). The number of hydrogen-bond acceptors (Lipinski definition) is 2. The number of furan rings is 1. The van der Waals surface area contributed by atoms with Crippen LogP contribution in [0.4, 0.5) is 17.1 Å². The van der Waals surface area contributed by atoms with Crippen LogP contribution in [0, 0.1) is 52.8 Å². The summed E-state index contributed by atoms with van der Waals surface area (Å²) in [5.74, 6) is 6.71. The van der Waals surface area contributed by atoms with Crippen LogP contribution in [0.2, 0.25) is 0 Å². The molecule has 6 aromatic carbocycles. The SMILES string of the molecule is CC(C)(C)c1cccc2c1oc1c(N(c3ccc4c(c3)C3(c5ccccc5-4)C4CC5CC(C4)CC3C5)c3ccc4c(c3)C3(c5ccccc5-4)C4CC5CC6CC3C56C4)cccc12. The van der Waals surface area contributed by atoms with Crippen LogP contribution in [-0.2, 0) is 16.2 Å². The lowest BCUT2D eigenvalue weighted by molar-refractivity contribution is -0.193. The molecule has 8 saturated carbocycles. The molecule has 0 radical (unpaired) electrons. The van der Waals surface area contributed by atoms with Gasteiger partial charge >= 0.3 is 0 Å². The molecule has 1 heterocycles. The second kappa shape index (κ2) is 11.0. The van der Waals surface area contributed by atoms with E-state index in [2.05, 4.69) is 147 Å². The minimum atomic E-state index is -0.0430. The van der Waals surface area contributed by atoms with E-state index in [1.54, 1.807) is 22.3 Å². The van der Waals surface area contributed by atoms with Crippen molar-refractivity contribution in [2.75, 3.05) is 4.90 Å². The van der Waals surface area contributed by atoms with Gasteiger partial charge in [-0.2, -0.15) is 0 Å². The fourth-order valence-corrected chi connectivity index (χ4v) is 18.6. The van der Waals surface area contributed by atoms with Gasteiger partial charge in [0.2, 0.25) is 0 Å². The molecule has 2 heteroatoms. The van der Waals surface area contributed by atoms with Crippen LogP contribution in [0.1, 0.15) is 106 Å². The van der Waals surface area contributed by atoms with Crippen LogP contribution >= 0.6 is 0 Å². The average Bonchev–Trinajstić information content (AvgIpc) is 4.04. The molecule has 0 N–H and O–H groups in total. The largest absolute Gasteiger partial charge is 0.454 e. The predicted octanol–water partition coefficient (Wildman–Crippen LogP) is 15.4. The van der Waals surface area contributed by atoms with E-state index in [9.17, 15) is 0 Å². The zero-order chi connectivity index (χ0) is 40.6. The Bertz CT molecular complexity index is 3020. The van der Waals surface area contributed by atoms with Gasteiger partial charge in [0.05, 0.1) is 5.69 Å². The fourth-order valence-electron chi connectivity index (χ4n) is 18.6. The highest BCUT2D eigenvalue weighted by Gasteiger charge is 2.82. The first-order chi connectivity index (χ1) is 30.3. The van der Waals surface area contributed by atoms with E-state index in [1.807, 2.05) is 0 Å². The lowest BCUT2D eigenvalue weighted by Crippen LogP contribution is -2.65. The summed E-state index contributed by atoms with van der Waals surface area (Å²) < 4.78 is 7.29. The van der Waals surface area contributed by atoms with Crippen molar-refractivity contribution in [3.63, 3.8) is 0 Å². The first-order valence-corrected chi connectivity index (χ1v) is 24.5. The van der Waals surface area contributed by atoms with Crippen LogP contribution in [-0.4, -0.2) is 0 Å². The van der Waals surface area contributed by atoms with Crippen LogP contribution in [0.15, 0.2) is 126 Å². The second-order valence-electron chi connectivity index (χ2n) is 23.3. The van der Waals surface area contributed by atoms with Gasteiger partial charge in [-0.05, 0) is 191 Å². The topological polar surface area (TPSA) is 16.4 Å². The van der Waals surface area contributed by atoms with Crippen molar-refractivity contribution in [1.29, 1.82) is 0 Å². The Morgan fingerprint density at radius 1 is 0.484 bits per heavy atom. The highest BCUT2D eigenvalue weighted by molar-refractivity contribution is 6.11. The summed E-state index contributed by atoms with van der Waals surface area (Å²) in [6.07, 6.45) is 12.8. The van der Waals surface area contributed by atoms with Gasteiger partial charge in [-0.1, -0.05) is 112 Å². The molecule has 3 spiro atoms. The zero-order valence-electron chi connectivity index (χ0n) is 36.4. The van der Waals surface area contributed by atoms with Gasteiger partial charge in [-0.25, -0.2) is 0 Å². The monoisotopic (exact) mass is 805 g/mol. The maximum absolute atomic E-state index is 7.29. The number of fused-ring (bicyclic) bond motifs is 14. The zero-order valence-corrected chi connectivity index (χ0v) is 36.4. The number of benzene rings is 6. The molecule has 306 valence electrons. The molecule has 6 bridgehead atoms. The Balaban J connectivity index is 0.955. The van der Waals surface area contributed by atoms with E-state index >= 15 is 0 Å².